The molecule has 0 radical (unpaired) electrons. The fourth-order valence-electron chi connectivity index (χ4n) is 3.19. The number of fused-ring (bicyclic) bond motifs is 1. The van der Waals surface area contributed by atoms with Gasteiger partial charge in [0.25, 0.3) is 0 Å². The van der Waals surface area contributed by atoms with E-state index < -0.39 is 37.2 Å². The number of carbonyl (C=O) groups excluding carboxylic acids is 2. The fraction of sp³-hybridized carbons (Fsp3) is 0.333. The Labute approximate surface area is 186 Å². The zero-order chi connectivity index (χ0) is 24.2. The number of anilines is 2. The molecule has 5 N–H and O–H groups in total. The summed E-state index contributed by atoms with van der Waals surface area (Å²) in [5, 5.41) is 17.0. The van der Waals surface area contributed by atoms with Gasteiger partial charge in [-0.05, 0) is 18.1 Å². The van der Waals surface area contributed by atoms with Crippen molar-refractivity contribution in [1.82, 2.24) is 20.3 Å². The lowest BCUT2D eigenvalue weighted by Crippen LogP contribution is -2.46. The Kier molecular flexibility index (Phi) is 7.16. The Hall–Kier alpha value is -3.67. The van der Waals surface area contributed by atoms with E-state index in [1.807, 2.05) is 5.32 Å². The number of aliphatic hydroxyl groups excluding tert-OH is 1. The largest absolute Gasteiger partial charge is 0.405 e. The third kappa shape index (κ3) is 6.19. The quantitative estimate of drug-likeness (QED) is 0.348. The van der Waals surface area contributed by atoms with Gasteiger partial charge in [-0.25, -0.2) is 4.98 Å². The van der Waals surface area contributed by atoms with Crippen LogP contribution in [0.2, 0.25) is 0 Å². The second-order valence-electron chi connectivity index (χ2n) is 7.69. The maximum absolute atomic E-state index is 12.5. The van der Waals surface area contributed by atoms with E-state index in [9.17, 15) is 22.8 Å². The second-order valence-corrected chi connectivity index (χ2v) is 7.69. The number of rotatable bonds is 8. The number of hydrogen-bond donors (Lipinski definition) is 5. The normalized spacial score (nSPS) is 12.6. The number of H-pyrrole nitrogens is 1. The molecule has 3 aromatic rings. The Morgan fingerprint density at radius 1 is 1.15 bits per heavy atom. The summed E-state index contributed by atoms with van der Waals surface area (Å²) in [5.41, 5.74) is 2.75. The van der Waals surface area contributed by atoms with Crippen molar-refractivity contribution in [3.63, 3.8) is 0 Å². The number of amides is 2. The molecule has 0 spiro atoms. The minimum Gasteiger partial charge on any atom is -0.387 e. The number of nitrogens with one attached hydrogen (secondary N) is 4. The molecule has 3 rings (SSSR count). The molecule has 0 saturated carbocycles. The van der Waals surface area contributed by atoms with Crippen LogP contribution in [-0.2, 0) is 9.59 Å². The van der Waals surface area contributed by atoms with Crippen molar-refractivity contribution in [2.24, 2.45) is 5.92 Å². The standard InChI is InChI=1S/C21H23F3N6O3/c1-11(2)18(20(33)28-10-21(22,23)24)30-13-3-12(5-25-6-13)16-8-27-19-15(16)4-14(7-26-19)29-17(32)9-31/h3-8,11,18,30-31H,9-10H2,1-2H3,(H,26,27)(H,28,33)(H,29,32). The van der Waals surface area contributed by atoms with Gasteiger partial charge in [0.1, 0.15) is 24.8 Å². The smallest absolute Gasteiger partial charge is 0.387 e. The van der Waals surface area contributed by atoms with Crippen LogP contribution in [0.1, 0.15) is 13.8 Å². The molecule has 176 valence electrons. The van der Waals surface area contributed by atoms with E-state index in [2.05, 4.69) is 25.6 Å². The minimum atomic E-state index is -4.50. The lowest BCUT2D eigenvalue weighted by Gasteiger charge is -2.23. The molecule has 0 aromatic carbocycles. The summed E-state index contributed by atoms with van der Waals surface area (Å²) in [4.78, 5) is 35.2. The van der Waals surface area contributed by atoms with Crippen LogP contribution in [0.4, 0.5) is 24.5 Å². The number of aromatic amines is 1. The van der Waals surface area contributed by atoms with Crippen LogP contribution >= 0.6 is 0 Å². The molecule has 0 aliphatic carbocycles. The van der Waals surface area contributed by atoms with E-state index in [1.54, 1.807) is 38.4 Å². The van der Waals surface area contributed by atoms with Gasteiger partial charge in [-0.15, -0.1) is 0 Å². The Morgan fingerprint density at radius 3 is 2.58 bits per heavy atom. The van der Waals surface area contributed by atoms with Crippen LogP contribution in [0, 0.1) is 5.92 Å². The van der Waals surface area contributed by atoms with Crippen LogP contribution < -0.4 is 16.0 Å². The van der Waals surface area contributed by atoms with E-state index in [4.69, 9.17) is 5.11 Å². The van der Waals surface area contributed by atoms with Crippen LogP contribution in [-0.4, -0.2) is 57.2 Å². The molecule has 1 unspecified atom stereocenters. The number of aliphatic hydroxyl groups is 1. The first-order chi connectivity index (χ1) is 15.6. The predicted octanol–water partition coefficient (Wildman–Crippen LogP) is 2.67. The highest BCUT2D eigenvalue weighted by Gasteiger charge is 2.30. The molecule has 1 atom stereocenters. The average Bonchev–Trinajstić information content (AvgIpc) is 3.18. The minimum absolute atomic E-state index is 0.295. The first-order valence-corrected chi connectivity index (χ1v) is 10.0. The van der Waals surface area contributed by atoms with Crippen molar-refractivity contribution in [3.05, 3.63) is 36.9 Å². The summed E-state index contributed by atoms with van der Waals surface area (Å²) in [6.45, 7) is 1.36. The number of halogens is 3. The molecule has 0 aliphatic rings. The first-order valence-electron chi connectivity index (χ1n) is 10.0. The maximum atomic E-state index is 12.5. The number of nitrogens with zero attached hydrogens (tertiary/aromatic N) is 2. The van der Waals surface area contributed by atoms with E-state index in [-0.39, 0.29) is 5.92 Å². The molecule has 0 fully saturated rings. The van der Waals surface area contributed by atoms with Crippen LogP contribution in [0.15, 0.2) is 36.9 Å². The van der Waals surface area contributed by atoms with Crippen molar-refractivity contribution in [2.45, 2.75) is 26.1 Å². The number of aromatic nitrogens is 3. The highest BCUT2D eigenvalue weighted by atomic mass is 19.4. The van der Waals surface area contributed by atoms with Gasteiger partial charge in [0.15, 0.2) is 0 Å². The van der Waals surface area contributed by atoms with E-state index in [0.717, 1.165) is 0 Å². The van der Waals surface area contributed by atoms with Crippen LogP contribution in [0.25, 0.3) is 22.2 Å². The molecule has 3 aromatic heterocycles. The Morgan fingerprint density at radius 2 is 1.91 bits per heavy atom. The summed E-state index contributed by atoms with van der Waals surface area (Å²) < 4.78 is 37.4. The first kappa shape index (κ1) is 24.0. The van der Waals surface area contributed by atoms with Gasteiger partial charge in [-0.2, -0.15) is 13.2 Å². The highest BCUT2D eigenvalue weighted by molar-refractivity contribution is 5.98. The van der Waals surface area contributed by atoms with E-state index in [0.29, 0.717) is 33.5 Å². The molecule has 9 nitrogen and oxygen atoms in total. The van der Waals surface area contributed by atoms with Gasteiger partial charge in [0.2, 0.25) is 11.8 Å². The maximum Gasteiger partial charge on any atom is 0.405 e. The van der Waals surface area contributed by atoms with Crippen molar-refractivity contribution in [2.75, 3.05) is 23.8 Å². The van der Waals surface area contributed by atoms with Crippen molar-refractivity contribution >= 4 is 34.2 Å². The molecule has 0 saturated heterocycles. The van der Waals surface area contributed by atoms with E-state index in [1.165, 1.54) is 12.4 Å². The van der Waals surface area contributed by atoms with E-state index >= 15 is 0 Å². The summed E-state index contributed by atoms with van der Waals surface area (Å²) in [5.74, 6) is -1.64. The van der Waals surface area contributed by atoms with Gasteiger partial charge in [0.05, 0.1) is 17.6 Å². The number of carbonyl (C=O) groups is 2. The highest BCUT2D eigenvalue weighted by Crippen LogP contribution is 2.30. The SMILES string of the molecule is CC(C)C(Nc1cncc(-c2c[nH]c3ncc(NC(=O)CO)cc23)c1)C(=O)NCC(F)(F)F. The van der Waals surface area contributed by atoms with Gasteiger partial charge >= 0.3 is 6.18 Å². The second kappa shape index (κ2) is 9.86. The summed E-state index contributed by atoms with van der Waals surface area (Å²) >= 11 is 0. The summed E-state index contributed by atoms with van der Waals surface area (Å²) in [6.07, 6.45) is 1.69. The monoisotopic (exact) mass is 464 g/mol. The lowest BCUT2D eigenvalue weighted by atomic mass is 10.0. The fourth-order valence-corrected chi connectivity index (χ4v) is 3.19. The predicted molar refractivity (Wildman–Crippen MR) is 116 cm³/mol. The van der Waals surface area contributed by atoms with Gasteiger partial charge in [0, 0.05) is 35.1 Å². The molecule has 33 heavy (non-hydrogen) atoms. The molecular weight excluding hydrogens is 441 g/mol. The third-order valence-electron chi connectivity index (χ3n) is 4.74. The number of alkyl halides is 3. The molecular formula is C21H23F3N6O3. The average molecular weight is 464 g/mol. The summed E-state index contributed by atoms with van der Waals surface area (Å²) in [6, 6.07) is 2.49. The van der Waals surface area contributed by atoms with Gasteiger partial charge < -0.3 is 26.0 Å². The lowest BCUT2D eigenvalue weighted by molar-refractivity contribution is -0.139. The Balaban J connectivity index is 1.85. The van der Waals surface area contributed by atoms with Crippen molar-refractivity contribution < 1.29 is 27.9 Å². The zero-order valence-corrected chi connectivity index (χ0v) is 17.8. The molecule has 3 heterocycles. The third-order valence-corrected chi connectivity index (χ3v) is 4.74. The number of pyridine rings is 2. The molecule has 2 amide bonds. The van der Waals surface area contributed by atoms with Crippen molar-refractivity contribution in [1.29, 1.82) is 0 Å². The molecule has 12 heteroatoms. The van der Waals surface area contributed by atoms with Crippen molar-refractivity contribution in [3.8, 4) is 11.1 Å². The number of hydrogen-bond acceptors (Lipinski definition) is 6. The zero-order valence-electron chi connectivity index (χ0n) is 17.8. The van der Waals surface area contributed by atoms with Gasteiger partial charge in [-0.1, -0.05) is 13.8 Å². The van der Waals surface area contributed by atoms with Gasteiger partial charge in [-0.3, -0.25) is 14.6 Å². The molecule has 0 bridgehead atoms. The van der Waals surface area contributed by atoms with Crippen LogP contribution in [0.5, 0.6) is 0 Å². The van der Waals surface area contributed by atoms with Crippen LogP contribution in [0.3, 0.4) is 0 Å². The summed E-state index contributed by atoms with van der Waals surface area (Å²) in [7, 11) is 0. The molecule has 0 aliphatic heterocycles. The topological polar surface area (TPSA) is 132 Å². The Bertz CT molecular complexity index is 1150.